The van der Waals surface area contributed by atoms with Crippen LogP contribution < -0.4 is 14.8 Å². The normalized spacial score (nSPS) is 15.3. The van der Waals surface area contributed by atoms with Crippen molar-refractivity contribution in [2.24, 2.45) is 0 Å². The summed E-state index contributed by atoms with van der Waals surface area (Å²) in [6, 6.07) is 10.3. The number of rotatable bonds is 7. The zero-order valence-corrected chi connectivity index (χ0v) is 18.4. The van der Waals surface area contributed by atoms with Gasteiger partial charge in [-0.05, 0) is 37.5 Å². The van der Waals surface area contributed by atoms with Crippen LogP contribution in [0.2, 0.25) is 0 Å². The molecule has 1 heterocycles. The first kappa shape index (κ1) is 22.0. The molecule has 30 heavy (non-hydrogen) atoms. The molecule has 3 rings (SSSR count). The SMILES string of the molecule is CCOc1cc(C(=O)NC2(c3cccc(Br)c3)CCOCC2)c([N+](=O)[O-])cc1OC. The molecule has 0 spiro atoms. The summed E-state index contributed by atoms with van der Waals surface area (Å²) in [6.45, 7) is 3.06. The van der Waals surface area contributed by atoms with E-state index in [1.54, 1.807) is 6.92 Å². The summed E-state index contributed by atoms with van der Waals surface area (Å²) in [4.78, 5) is 24.4. The number of carbonyl (C=O) groups excluding carboxylic acids is 1. The molecule has 0 atom stereocenters. The highest BCUT2D eigenvalue weighted by molar-refractivity contribution is 9.10. The molecule has 1 amide bonds. The minimum Gasteiger partial charge on any atom is -0.493 e. The van der Waals surface area contributed by atoms with Crippen LogP contribution in [0, 0.1) is 10.1 Å². The number of hydrogen-bond donors (Lipinski definition) is 1. The monoisotopic (exact) mass is 478 g/mol. The van der Waals surface area contributed by atoms with E-state index < -0.39 is 16.4 Å². The van der Waals surface area contributed by atoms with Crippen LogP contribution in [-0.4, -0.2) is 37.8 Å². The first-order valence-corrected chi connectivity index (χ1v) is 10.3. The molecule has 8 nitrogen and oxygen atoms in total. The van der Waals surface area contributed by atoms with Gasteiger partial charge in [0.15, 0.2) is 11.5 Å². The van der Waals surface area contributed by atoms with Gasteiger partial charge in [0.25, 0.3) is 11.6 Å². The fourth-order valence-electron chi connectivity index (χ4n) is 3.59. The molecule has 0 aromatic heterocycles. The van der Waals surface area contributed by atoms with Crippen molar-refractivity contribution in [1.82, 2.24) is 5.32 Å². The number of nitrogens with zero attached hydrogens (tertiary/aromatic N) is 1. The number of carbonyl (C=O) groups is 1. The van der Waals surface area contributed by atoms with Gasteiger partial charge in [0, 0.05) is 23.8 Å². The summed E-state index contributed by atoms with van der Waals surface area (Å²) in [5.74, 6) is -0.0701. The lowest BCUT2D eigenvalue weighted by molar-refractivity contribution is -0.385. The van der Waals surface area contributed by atoms with Gasteiger partial charge >= 0.3 is 0 Å². The molecule has 160 valence electrons. The van der Waals surface area contributed by atoms with Gasteiger partial charge in [-0.1, -0.05) is 28.1 Å². The second kappa shape index (κ2) is 9.44. The average molecular weight is 479 g/mol. The van der Waals surface area contributed by atoms with E-state index in [9.17, 15) is 14.9 Å². The van der Waals surface area contributed by atoms with E-state index >= 15 is 0 Å². The molecule has 1 saturated heterocycles. The van der Waals surface area contributed by atoms with Gasteiger partial charge in [-0.15, -0.1) is 0 Å². The van der Waals surface area contributed by atoms with Crippen molar-refractivity contribution >= 4 is 27.5 Å². The van der Waals surface area contributed by atoms with Crippen LogP contribution in [0.1, 0.15) is 35.7 Å². The molecule has 1 fully saturated rings. The van der Waals surface area contributed by atoms with Gasteiger partial charge in [0.05, 0.1) is 30.2 Å². The highest BCUT2D eigenvalue weighted by Gasteiger charge is 2.38. The van der Waals surface area contributed by atoms with Crippen LogP contribution in [0.15, 0.2) is 40.9 Å². The van der Waals surface area contributed by atoms with E-state index in [4.69, 9.17) is 14.2 Å². The molecule has 0 radical (unpaired) electrons. The topological polar surface area (TPSA) is 99.9 Å². The summed E-state index contributed by atoms with van der Waals surface area (Å²) in [5.41, 5.74) is -0.206. The van der Waals surface area contributed by atoms with Crippen molar-refractivity contribution in [3.63, 3.8) is 0 Å². The number of benzene rings is 2. The Hall–Kier alpha value is -2.65. The number of halogens is 1. The molecule has 0 aliphatic carbocycles. The molecule has 1 aliphatic rings. The largest absolute Gasteiger partial charge is 0.493 e. The predicted octanol–water partition coefficient (Wildman–Crippen LogP) is 4.20. The Balaban J connectivity index is 2.03. The van der Waals surface area contributed by atoms with Gasteiger partial charge in [-0.3, -0.25) is 14.9 Å². The Bertz CT molecular complexity index is 943. The molecule has 9 heteroatoms. The van der Waals surface area contributed by atoms with E-state index in [1.165, 1.54) is 19.2 Å². The van der Waals surface area contributed by atoms with Crippen LogP contribution >= 0.6 is 15.9 Å². The minimum absolute atomic E-state index is 0.0786. The van der Waals surface area contributed by atoms with Crippen molar-refractivity contribution in [2.75, 3.05) is 26.9 Å². The van der Waals surface area contributed by atoms with Crippen LogP contribution in [0.25, 0.3) is 0 Å². The number of nitrogens with one attached hydrogen (secondary N) is 1. The quantitative estimate of drug-likeness (QED) is 0.472. The highest BCUT2D eigenvalue weighted by Crippen LogP contribution is 2.37. The average Bonchev–Trinajstić information content (AvgIpc) is 2.74. The van der Waals surface area contributed by atoms with Gasteiger partial charge in [-0.25, -0.2) is 0 Å². The maximum absolute atomic E-state index is 13.3. The molecular formula is C21H23BrN2O6. The van der Waals surface area contributed by atoms with E-state index in [0.717, 1.165) is 10.0 Å². The Morgan fingerprint density at radius 1 is 1.27 bits per heavy atom. The van der Waals surface area contributed by atoms with Crippen molar-refractivity contribution < 1.29 is 23.9 Å². The predicted molar refractivity (Wildman–Crippen MR) is 114 cm³/mol. The zero-order chi connectivity index (χ0) is 21.7. The summed E-state index contributed by atoms with van der Waals surface area (Å²) >= 11 is 3.47. The number of nitro groups is 1. The molecule has 1 N–H and O–H groups in total. The maximum atomic E-state index is 13.3. The Labute approximate surface area is 182 Å². The van der Waals surface area contributed by atoms with Crippen molar-refractivity contribution in [3.8, 4) is 11.5 Å². The second-order valence-corrected chi connectivity index (χ2v) is 7.78. The van der Waals surface area contributed by atoms with Gasteiger partial charge < -0.3 is 19.5 Å². The van der Waals surface area contributed by atoms with E-state index in [1.807, 2.05) is 24.3 Å². The van der Waals surface area contributed by atoms with Crippen LogP contribution in [0.4, 0.5) is 5.69 Å². The molecule has 0 saturated carbocycles. The van der Waals surface area contributed by atoms with Crippen molar-refractivity contribution in [1.29, 1.82) is 0 Å². The van der Waals surface area contributed by atoms with Crippen molar-refractivity contribution in [3.05, 3.63) is 62.1 Å². The van der Waals surface area contributed by atoms with Gasteiger partial charge in [0.2, 0.25) is 0 Å². The summed E-state index contributed by atoms with van der Waals surface area (Å²) < 4.78 is 17.1. The lowest BCUT2D eigenvalue weighted by atomic mass is 9.82. The summed E-state index contributed by atoms with van der Waals surface area (Å²) in [5, 5.41) is 14.7. The summed E-state index contributed by atoms with van der Waals surface area (Å²) in [6.07, 6.45) is 1.11. The minimum atomic E-state index is -0.696. The lowest BCUT2D eigenvalue weighted by Crippen LogP contribution is -2.49. The Morgan fingerprint density at radius 2 is 2.00 bits per heavy atom. The second-order valence-electron chi connectivity index (χ2n) is 6.87. The summed E-state index contributed by atoms with van der Waals surface area (Å²) in [7, 11) is 1.39. The number of ether oxygens (including phenoxy) is 3. The zero-order valence-electron chi connectivity index (χ0n) is 16.8. The molecule has 2 aromatic carbocycles. The number of hydrogen-bond acceptors (Lipinski definition) is 6. The van der Waals surface area contributed by atoms with Gasteiger partial charge in [0.1, 0.15) is 5.56 Å². The third kappa shape index (κ3) is 4.57. The fourth-order valence-corrected chi connectivity index (χ4v) is 3.99. The van der Waals surface area contributed by atoms with Crippen LogP contribution in [0.5, 0.6) is 11.5 Å². The molecular weight excluding hydrogens is 456 g/mol. The maximum Gasteiger partial charge on any atom is 0.286 e. The van der Waals surface area contributed by atoms with Crippen LogP contribution in [-0.2, 0) is 10.3 Å². The number of amides is 1. The first-order valence-electron chi connectivity index (χ1n) is 9.55. The number of methoxy groups -OCH3 is 1. The van der Waals surface area contributed by atoms with Crippen molar-refractivity contribution in [2.45, 2.75) is 25.3 Å². The highest BCUT2D eigenvalue weighted by atomic mass is 79.9. The Kier molecular flexibility index (Phi) is 6.94. The fraction of sp³-hybridized carbons (Fsp3) is 0.381. The molecule has 0 unspecified atom stereocenters. The van der Waals surface area contributed by atoms with Gasteiger partial charge in [-0.2, -0.15) is 0 Å². The smallest absolute Gasteiger partial charge is 0.286 e. The standard InChI is InChI=1S/C21H23BrN2O6/c1-3-30-19-12-16(17(24(26)27)13-18(19)28-2)20(25)23-21(7-9-29-10-8-21)14-5-4-6-15(22)11-14/h4-6,11-13H,3,7-10H2,1-2H3,(H,23,25). The van der Waals surface area contributed by atoms with E-state index in [0.29, 0.717) is 32.7 Å². The van der Waals surface area contributed by atoms with E-state index in [2.05, 4.69) is 21.2 Å². The third-order valence-electron chi connectivity index (χ3n) is 5.10. The molecule has 2 aromatic rings. The third-order valence-corrected chi connectivity index (χ3v) is 5.59. The number of nitro benzene ring substituents is 1. The Morgan fingerprint density at radius 3 is 2.60 bits per heavy atom. The van der Waals surface area contributed by atoms with E-state index in [-0.39, 0.29) is 22.7 Å². The lowest BCUT2D eigenvalue weighted by Gasteiger charge is -2.38. The first-order chi connectivity index (χ1) is 14.4. The van der Waals surface area contributed by atoms with Crippen LogP contribution in [0.3, 0.4) is 0 Å². The molecule has 1 aliphatic heterocycles. The molecule has 0 bridgehead atoms.